The van der Waals surface area contributed by atoms with Crippen molar-refractivity contribution in [3.05, 3.63) is 57.6 Å². The predicted octanol–water partition coefficient (Wildman–Crippen LogP) is 6.55. The Bertz CT molecular complexity index is 737. The van der Waals surface area contributed by atoms with Crippen LogP contribution in [0.25, 0.3) is 0 Å². The van der Waals surface area contributed by atoms with Crippen molar-refractivity contribution in [1.29, 1.82) is 0 Å². The Morgan fingerprint density at radius 2 is 1.64 bits per heavy atom. The fourth-order valence-corrected chi connectivity index (χ4v) is 4.38. The van der Waals surface area contributed by atoms with E-state index in [1.807, 2.05) is 0 Å². The van der Waals surface area contributed by atoms with Crippen molar-refractivity contribution < 1.29 is 9.47 Å². The third-order valence-corrected chi connectivity index (χ3v) is 6.08. The van der Waals surface area contributed by atoms with Crippen LogP contribution in [-0.2, 0) is 13.2 Å². The topological polar surface area (TPSA) is 30.5 Å². The molecule has 0 aromatic heterocycles. The molecule has 1 saturated carbocycles. The Morgan fingerprint density at radius 1 is 0.964 bits per heavy atom. The minimum Gasteiger partial charge on any atom is -0.493 e. The number of hydrogen-bond donors (Lipinski definition) is 1. The molecule has 0 spiro atoms. The van der Waals surface area contributed by atoms with Crippen LogP contribution in [0.4, 0.5) is 0 Å². The van der Waals surface area contributed by atoms with Crippen molar-refractivity contribution >= 4 is 15.9 Å². The van der Waals surface area contributed by atoms with Crippen LogP contribution in [0.1, 0.15) is 61.6 Å². The molecule has 0 atom stereocenters. The van der Waals surface area contributed by atoms with E-state index in [0.29, 0.717) is 12.6 Å². The van der Waals surface area contributed by atoms with Crippen molar-refractivity contribution in [2.24, 2.45) is 0 Å². The zero-order valence-corrected chi connectivity index (χ0v) is 18.7. The standard InChI is InChI=1S/C24H32BrNO2/c1-18-10-12-19(13-11-18)17-28-24-22(25)14-20(15-23(24)27-2)16-26-21-8-6-4-3-5-7-9-21/h10-15,21,26H,3-9,16-17H2,1-2H3. The molecule has 0 aliphatic heterocycles. The van der Waals surface area contributed by atoms with Crippen molar-refractivity contribution in [2.75, 3.05) is 7.11 Å². The normalized spacial score (nSPS) is 15.7. The Hall–Kier alpha value is -1.52. The molecule has 3 rings (SSSR count). The van der Waals surface area contributed by atoms with Gasteiger partial charge in [-0.2, -0.15) is 0 Å². The van der Waals surface area contributed by atoms with E-state index in [9.17, 15) is 0 Å². The number of rotatable bonds is 7. The molecule has 4 heteroatoms. The van der Waals surface area contributed by atoms with Gasteiger partial charge in [0.25, 0.3) is 0 Å². The Kier molecular flexibility index (Phi) is 8.23. The predicted molar refractivity (Wildman–Crippen MR) is 119 cm³/mol. The van der Waals surface area contributed by atoms with Crippen LogP contribution >= 0.6 is 15.9 Å². The minimum absolute atomic E-state index is 0.523. The molecule has 0 heterocycles. The van der Waals surface area contributed by atoms with Gasteiger partial charge >= 0.3 is 0 Å². The maximum Gasteiger partial charge on any atom is 0.175 e. The van der Waals surface area contributed by atoms with Crippen LogP contribution in [0.3, 0.4) is 0 Å². The number of nitrogens with one attached hydrogen (secondary N) is 1. The minimum atomic E-state index is 0.523. The first-order chi connectivity index (χ1) is 13.7. The Morgan fingerprint density at radius 3 is 2.32 bits per heavy atom. The van der Waals surface area contributed by atoms with Gasteiger partial charge in [-0.05, 0) is 59.0 Å². The largest absolute Gasteiger partial charge is 0.493 e. The summed E-state index contributed by atoms with van der Waals surface area (Å²) in [5.41, 5.74) is 3.62. The SMILES string of the molecule is COc1cc(CNC2CCCCCCC2)cc(Br)c1OCc1ccc(C)cc1. The van der Waals surface area contributed by atoms with Gasteiger partial charge in [0.1, 0.15) is 6.61 Å². The highest BCUT2D eigenvalue weighted by molar-refractivity contribution is 9.10. The third-order valence-electron chi connectivity index (χ3n) is 5.49. The van der Waals surface area contributed by atoms with Crippen molar-refractivity contribution in [2.45, 2.75) is 71.1 Å². The molecule has 0 amide bonds. The highest BCUT2D eigenvalue weighted by Gasteiger charge is 2.14. The average molecular weight is 446 g/mol. The second kappa shape index (κ2) is 10.9. The second-order valence-electron chi connectivity index (χ2n) is 7.81. The van der Waals surface area contributed by atoms with Crippen molar-refractivity contribution in [3.8, 4) is 11.5 Å². The summed E-state index contributed by atoms with van der Waals surface area (Å²) in [6.45, 7) is 3.47. The molecule has 1 aliphatic rings. The fraction of sp³-hybridized carbons (Fsp3) is 0.500. The molecule has 0 bridgehead atoms. The maximum absolute atomic E-state index is 6.07. The van der Waals surface area contributed by atoms with E-state index >= 15 is 0 Å². The highest BCUT2D eigenvalue weighted by Crippen LogP contribution is 2.37. The van der Waals surface area contributed by atoms with Crippen molar-refractivity contribution in [3.63, 3.8) is 0 Å². The molecule has 1 fully saturated rings. The fourth-order valence-electron chi connectivity index (χ4n) is 3.78. The van der Waals surface area contributed by atoms with Gasteiger partial charge in [0.15, 0.2) is 11.5 Å². The smallest absolute Gasteiger partial charge is 0.175 e. The number of hydrogen-bond acceptors (Lipinski definition) is 3. The molecule has 2 aromatic rings. The van der Waals surface area contributed by atoms with E-state index in [-0.39, 0.29) is 0 Å². The second-order valence-corrected chi connectivity index (χ2v) is 8.66. The van der Waals surface area contributed by atoms with E-state index < -0.39 is 0 Å². The van der Waals surface area contributed by atoms with Gasteiger partial charge in [0, 0.05) is 12.6 Å². The molecule has 1 aliphatic carbocycles. The zero-order valence-electron chi connectivity index (χ0n) is 17.1. The molecule has 1 N–H and O–H groups in total. The number of ether oxygens (including phenoxy) is 2. The number of halogens is 1. The Balaban J connectivity index is 1.62. The quantitative estimate of drug-likeness (QED) is 0.523. The first-order valence-corrected chi connectivity index (χ1v) is 11.2. The van der Waals surface area contributed by atoms with E-state index in [4.69, 9.17) is 9.47 Å². The summed E-state index contributed by atoms with van der Waals surface area (Å²) in [6.07, 6.45) is 9.43. The molecular formula is C24H32BrNO2. The summed E-state index contributed by atoms with van der Waals surface area (Å²) in [4.78, 5) is 0. The molecule has 2 aromatic carbocycles. The summed E-state index contributed by atoms with van der Waals surface area (Å²) < 4.78 is 12.6. The first-order valence-electron chi connectivity index (χ1n) is 10.4. The molecule has 0 radical (unpaired) electrons. The van der Waals surface area contributed by atoms with Gasteiger partial charge in [-0.15, -0.1) is 0 Å². The van der Waals surface area contributed by atoms with Crippen LogP contribution < -0.4 is 14.8 Å². The first kappa shape index (κ1) is 21.2. The van der Waals surface area contributed by atoms with Gasteiger partial charge < -0.3 is 14.8 Å². The lowest BCUT2D eigenvalue weighted by Gasteiger charge is -2.21. The molecule has 3 nitrogen and oxygen atoms in total. The van der Waals surface area contributed by atoms with E-state index in [1.165, 1.54) is 56.1 Å². The lowest BCUT2D eigenvalue weighted by atomic mass is 9.96. The summed E-state index contributed by atoms with van der Waals surface area (Å²) >= 11 is 3.68. The molecule has 28 heavy (non-hydrogen) atoms. The van der Waals surface area contributed by atoms with Crippen LogP contribution in [-0.4, -0.2) is 13.2 Å². The van der Waals surface area contributed by atoms with Crippen LogP contribution in [0.5, 0.6) is 11.5 Å². The van der Waals surface area contributed by atoms with Gasteiger partial charge in [-0.3, -0.25) is 0 Å². The van der Waals surface area contributed by atoms with Crippen LogP contribution in [0.15, 0.2) is 40.9 Å². The zero-order chi connectivity index (χ0) is 19.8. The molecule has 152 valence electrons. The maximum atomic E-state index is 6.07. The third kappa shape index (κ3) is 6.25. The molecular weight excluding hydrogens is 414 g/mol. The number of aryl methyl sites for hydroxylation is 1. The summed E-state index contributed by atoms with van der Waals surface area (Å²) in [5.74, 6) is 1.54. The van der Waals surface area contributed by atoms with E-state index in [0.717, 1.165) is 28.1 Å². The lowest BCUT2D eigenvalue weighted by Crippen LogP contribution is -2.29. The summed E-state index contributed by atoms with van der Waals surface area (Å²) in [5, 5.41) is 3.75. The van der Waals surface area contributed by atoms with Crippen LogP contribution in [0.2, 0.25) is 0 Å². The van der Waals surface area contributed by atoms with Crippen molar-refractivity contribution in [1.82, 2.24) is 5.32 Å². The van der Waals surface area contributed by atoms with Gasteiger partial charge in [-0.25, -0.2) is 0 Å². The summed E-state index contributed by atoms with van der Waals surface area (Å²) in [6, 6.07) is 13.3. The number of benzene rings is 2. The molecule has 0 unspecified atom stereocenters. The highest BCUT2D eigenvalue weighted by atomic mass is 79.9. The van der Waals surface area contributed by atoms with Gasteiger partial charge in [-0.1, -0.05) is 61.9 Å². The Labute approximate surface area is 178 Å². The number of methoxy groups -OCH3 is 1. The average Bonchev–Trinajstić information content (AvgIpc) is 2.67. The lowest BCUT2D eigenvalue weighted by molar-refractivity contribution is 0.282. The molecule has 0 saturated heterocycles. The monoisotopic (exact) mass is 445 g/mol. The van der Waals surface area contributed by atoms with Gasteiger partial charge in [0.2, 0.25) is 0 Å². The van der Waals surface area contributed by atoms with Crippen LogP contribution in [0, 0.1) is 6.92 Å². The van der Waals surface area contributed by atoms with E-state index in [1.54, 1.807) is 7.11 Å². The van der Waals surface area contributed by atoms with Gasteiger partial charge in [0.05, 0.1) is 11.6 Å². The summed E-state index contributed by atoms with van der Waals surface area (Å²) in [7, 11) is 1.70. The van der Waals surface area contributed by atoms with E-state index in [2.05, 4.69) is 64.6 Å².